The maximum absolute atomic E-state index is 12.1. The molecule has 4 heteroatoms. The summed E-state index contributed by atoms with van der Waals surface area (Å²) in [5.41, 5.74) is 1.93. The number of ether oxygens (including phenoxy) is 1. The van der Waals surface area contributed by atoms with E-state index in [0.29, 0.717) is 18.0 Å². The molecule has 3 aromatic rings. The predicted molar refractivity (Wildman–Crippen MR) is 93.4 cm³/mol. The lowest BCUT2D eigenvalue weighted by molar-refractivity contribution is 0.0996. The molecule has 0 atom stereocenters. The zero-order valence-corrected chi connectivity index (χ0v) is 13.3. The Hall–Kier alpha value is -3.01. The van der Waals surface area contributed by atoms with Crippen molar-refractivity contribution in [3.8, 4) is 5.75 Å². The molecule has 0 radical (unpaired) electrons. The minimum Gasteiger partial charge on any atom is -0.491 e. The summed E-state index contributed by atoms with van der Waals surface area (Å²) in [5.74, 6) is 0.639. The first-order valence-corrected chi connectivity index (χ1v) is 7.93. The molecular weight excluding hydrogens is 302 g/mol. The van der Waals surface area contributed by atoms with Gasteiger partial charge in [0.25, 0.3) is 5.91 Å². The third kappa shape index (κ3) is 4.26. The Bertz CT molecular complexity index is 767. The van der Waals surface area contributed by atoms with Gasteiger partial charge in [-0.1, -0.05) is 42.5 Å². The molecule has 1 amide bonds. The van der Waals surface area contributed by atoms with Crippen LogP contribution in [0, 0.1) is 0 Å². The van der Waals surface area contributed by atoms with Gasteiger partial charge in [0.05, 0.1) is 18.6 Å². The molecule has 0 fully saturated rings. The molecule has 0 aliphatic heterocycles. The minimum atomic E-state index is -0.291. The summed E-state index contributed by atoms with van der Waals surface area (Å²) in [4.78, 5) is 12.1. The number of furan rings is 1. The molecule has 0 saturated heterocycles. The molecule has 0 aliphatic rings. The van der Waals surface area contributed by atoms with Gasteiger partial charge >= 0.3 is 0 Å². The van der Waals surface area contributed by atoms with Crippen molar-refractivity contribution in [2.24, 2.45) is 0 Å². The monoisotopic (exact) mass is 321 g/mol. The molecule has 0 bridgehead atoms. The van der Waals surface area contributed by atoms with E-state index in [1.54, 1.807) is 12.1 Å². The molecular formula is C20H19NO3. The maximum atomic E-state index is 12.1. The number of benzene rings is 2. The molecule has 0 saturated carbocycles. The fourth-order valence-electron chi connectivity index (χ4n) is 2.39. The highest BCUT2D eigenvalue weighted by atomic mass is 16.5. The van der Waals surface area contributed by atoms with E-state index in [1.165, 1.54) is 11.8 Å². The van der Waals surface area contributed by atoms with E-state index in [-0.39, 0.29) is 11.7 Å². The van der Waals surface area contributed by atoms with Crippen molar-refractivity contribution < 1.29 is 13.9 Å². The fraction of sp³-hybridized carbons (Fsp3) is 0.150. The van der Waals surface area contributed by atoms with Crippen molar-refractivity contribution in [2.75, 3.05) is 11.9 Å². The van der Waals surface area contributed by atoms with Crippen LogP contribution in [-0.4, -0.2) is 12.5 Å². The second kappa shape index (κ2) is 8.02. The zero-order chi connectivity index (χ0) is 16.6. The van der Waals surface area contributed by atoms with E-state index >= 15 is 0 Å². The molecule has 1 heterocycles. The van der Waals surface area contributed by atoms with Crippen LogP contribution in [0.25, 0.3) is 0 Å². The lowest BCUT2D eigenvalue weighted by Gasteiger charge is -2.12. The third-order valence-corrected chi connectivity index (χ3v) is 3.59. The number of carbonyl (C=O) groups is 1. The van der Waals surface area contributed by atoms with Gasteiger partial charge in [-0.25, -0.2) is 0 Å². The van der Waals surface area contributed by atoms with Crippen LogP contribution in [0.2, 0.25) is 0 Å². The summed E-state index contributed by atoms with van der Waals surface area (Å²) in [5, 5.41) is 2.81. The van der Waals surface area contributed by atoms with E-state index in [0.717, 1.165) is 12.8 Å². The lowest BCUT2D eigenvalue weighted by atomic mass is 10.1. The third-order valence-electron chi connectivity index (χ3n) is 3.59. The van der Waals surface area contributed by atoms with Crippen molar-refractivity contribution in [1.82, 2.24) is 0 Å². The van der Waals surface area contributed by atoms with E-state index in [2.05, 4.69) is 17.4 Å². The second-order valence-corrected chi connectivity index (χ2v) is 5.37. The van der Waals surface area contributed by atoms with Crippen molar-refractivity contribution in [2.45, 2.75) is 12.8 Å². The summed E-state index contributed by atoms with van der Waals surface area (Å²) in [6.45, 7) is 0.586. The molecule has 0 spiro atoms. The van der Waals surface area contributed by atoms with Gasteiger partial charge < -0.3 is 14.5 Å². The Morgan fingerprint density at radius 3 is 2.54 bits per heavy atom. The summed E-state index contributed by atoms with van der Waals surface area (Å²) in [7, 11) is 0. The smallest absolute Gasteiger partial charge is 0.291 e. The minimum absolute atomic E-state index is 0.272. The van der Waals surface area contributed by atoms with Crippen LogP contribution in [0.4, 0.5) is 5.69 Å². The van der Waals surface area contributed by atoms with Crippen LogP contribution in [-0.2, 0) is 6.42 Å². The highest BCUT2D eigenvalue weighted by molar-refractivity contribution is 6.03. The van der Waals surface area contributed by atoms with Gasteiger partial charge in [0, 0.05) is 0 Å². The summed E-state index contributed by atoms with van der Waals surface area (Å²) >= 11 is 0. The molecule has 3 rings (SSSR count). The highest BCUT2D eigenvalue weighted by Crippen LogP contribution is 2.24. The van der Waals surface area contributed by atoms with Gasteiger partial charge in [-0.2, -0.15) is 0 Å². The SMILES string of the molecule is O=C(Nc1ccccc1OCCCc1ccccc1)c1ccco1. The molecule has 1 aromatic heterocycles. The van der Waals surface area contributed by atoms with E-state index in [4.69, 9.17) is 9.15 Å². The van der Waals surface area contributed by atoms with Crippen molar-refractivity contribution in [3.63, 3.8) is 0 Å². The van der Waals surface area contributed by atoms with Crippen molar-refractivity contribution in [1.29, 1.82) is 0 Å². The molecule has 122 valence electrons. The molecule has 24 heavy (non-hydrogen) atoms. The predicted octanol–water partition coefficient (Wildman–Crippen LogP) is 4.54. The Kier molecular flexibility index (Phi) is 5.30. The largest absolute Gasteiger partial charge is 0.491 e. The molecule has 2 aromatic carbocycles. The first-order chi connectivity index (χ1) is 11.8. The van der Waals surface area contributed by atoms with Crippen LogP contribution in [0.5, 0.6) is 5.75 Å². The Labute approximate surface area is 141 Å². The quantitative estimate of drug-likeness (QED) is 0.650. The van der Waals surface area contributed by atoms with Crippen LogP contribution >= 0.6 is 0 Å². The molecule has 1 N–H and O–H groups in total. The topological polar surface area (TPSA) is 51.5 Å². The van der Waals surface area contributed by atoms with Gasteiger partial charge in [0.2, 0.25) is 0 Å². The number of hydrogen-bond donors (Lipinski definition) is 1. The number of amides is 1. The fourth-order valence-corrected chi connectivity index (χ4v) is 2.39. The maximum Gasteiger partial charge on any atom is 0.291 e. The number of anilines is 1. The number of para-hydroxylation sites is 2. The standard InChI is InChI=1S/C20H19NO3/c22-20(19-13-7-15-24-19)21-17-11-4-5-12-18(17)23-14-6-10-16-8-2-1-3-9-16/h1-5,7-9,11-13,15H,6,10,14H2,(H,21,22). The lowest BCUT2D eigenvalue weighted by Crippen LogP contribution is -2.12. The number of aryl methyl sites for hydroxylation is 1. The normalized spacial score (nSPS) is 10.3. The van der Waals surface area contributed by atoms with Gasteiger partial charge in [0.1, 0.15) is 5.75 Å². The van der Waals surface area contributed by atoms with E-state index < -0.39 is 0 Å². The summed E-state index contributed by atoms with van der Waals surface area (Å²) in [6, 6.07) is 21.0. The van der Waals surface area contributed by atoms with Gasteiger partial charge in [-0.05, 0) is 42.7 Å². The molecule has 4 nitrogen and oxygen atoms in total. The number of rotatable bonds is 7. The summed E-state index contributed by atoms with van der Waals surface area (Å²) in [6.07, 6.45) is 3.34. The van der Waals surface area contributed by atoms with Crippen LogP contribution in [0.15, 0.2) is 77.4 Å². The first kappa shape index (κ1) is 15.9. The van der Waals surface area contributed by atoms with Gasteiger partial charge in [-0.3, -0.25) is 4.79 Å². The average Bonchev–Trinajstić information content (AvgIpc) is 3.16. The van der Waals surface area contributed by atoms with Crippen LogP contribution < -0.4 is 10.1 Å². The average molecular weight is 321 g/mol. The second-order valence-electron chi connectivity index (χ2n) is 5.37. The number of carbonyl (C=O) groups excluding carboxylic acids is 1. The zero-order valence-electron chi connectivity index (χ0n) is 13.3. The Balaban J connectivity index is 1.55. The van der Waals surface area contributed by atoms with Gasteiger partial charge in [-0.15, -0.1) is 0 Å². The van der Waals surface area contributed by atoms with E-state index in [1.807, 2.05) is 42.5 Å². The Morgan fingerprint density at radius 1 is 0.958 bits per heavy atom. The first-order valence-electron chi connectivity index (χ1n) is 7.93. The number of hydrogen-bond acceptors (Lipinski definition) is 3. The van der Waals surface area contributed by atoms with E-state index in [9.17, 15) is 4.79 Å². The highest BCUT2D eigenvalue weighted by Gasteiger charge is 2.11. The number of nitrogens with one attached hydrogen (secondary N) is 1. The van der Waals surface area contributed by atoms with Crippen molar-refractivity contribution in [3.05, 3.63) is 84.3 Å². The molecule has 0 unspecified atom stereocenters. The molecule has 0 aliphatic carbocycles. The van der Waals surface area contributed by atoms with Crippen molar-refractivity contribution >= 4 is 11.6 Å². The Morgan fingerprint density at radius 2 is 1.75 bits per heavy atom. The van der Waals surface area contributed by atoms with Crippen LogP contribution in [0.3, 0.4) is 0 Å². The van der Waals surface area contributed by atoms with Gasteiger partial charge in [0.15, 0.2) is 5.76 Å². The summed E-state index contributed by atoms with van der Waals surface area (Å²) < 4.78 is 10.9. The van der Waals surface area contributed by atoms with Crippen LogP contribution in [0.1, 0.15) is 22.5 Å².